The molecule has 2 aromatic heterocycles. The summed E-state index contributed by atoms with van der Waals surface area (Å²) in [5, 5.41) is 7.93. The molecule has 174 valence electrons. The van der Waals surface area contributed by atoms with E-state index in [1.807, 2.05) is 24.9 Å². The van der Waals surface area contributed by atoms with Crippen molar-refractivity contribution in [2.24, 2.45) is 11.3 Å². The smallest absolute Gasteiger partial charge is 0.243 e. The summed E-state index contributed by atoms with van der Waals surface area (Å²) in [6.45, 7) is 8.51. The number of fused-ring (bicyclic) bond motifs is 3. The number of hydrogen-bond acceptors (Lipinski definition) is 4. The predicted octanol–water partition coefficient (Wildman–Crippen LogP) is 4.22. The molecule has 1 unspecified atom stereocenters. The normalized spacial score (nSPS) is 25.5. The number of likely N-dealkylation sites (tertiary alicyclic amines) is 1. The van der Waals surface area contributed by atoms with Crippen molar-refractivity contribution in [3.05, 3.63) is 29.0 Å². The summed E-state index contributed by atoms with van der Waals surface area (Å²) in [4.78, 5) is 25.8. The molecular weight excluding hydrogens is 412 g/mol. The lowest BCUT2D eigenvalue weighted by Crippen LogP contribution is -2.48. The van der Waals surface area contributed by atoms with Gasteiger partial charge in [0.2, 0.25) is 5.91 Å². The maximum atomic E-state index is 13.3. The number of nitrogens with zero attached hydrogens (tertiary/aromatic N) is 4. The molecular formula is C26H34N6O. The third-order valence-corrected chi connectivity index (χ3v) is 8.53. The molecule has 0 radical (unpaired) electrons. The number of rotatable bonds is 4. The van der Waals surface area contributed by atoms with Gasteiger partial charge in [-0.1, -0.05) is 13.3 Å². The summed E-state index contributed by atoms with van der Waals surface area (Å²) in [6, 6.07) is 4.04. The number of piperidine rings is 1. The van der Waals surface area contributed by atoms with Crippen molar-refractivity contribution in [1.29, 1.82) is 0 Å². The quantitative estimate of drug-likeness (QED) is 0.629. The van der Waals surface area contributed by atoms with Gasteiger partial charge >= 0.3 is 0 Å². The molecule has 3 aromatic rings. The molecule has 0 spiro atoms. The standard InChI is InChI=1S/C26H34N6O/c1-15-10-19-20(12-22(15)31(4)25(33)16(2)32-8-6-5-7-9-32)28-24(27-19)23-18-11-17-13-26(17,3)14-21(18)29-30-23/h10,12,16-17H,5-9,11,13-14H2,1-4H3,(H,27,28)(H,29,30)/t16?,17-,26-/m1/s1. The molecule has 1 saturated heterocycles. The number of likely N-dealkylation sites (N-methyl/N-ethyl adjacent to an activating group) is 1. The molecule has 2 N–H and O–H groups in total. The number of benzene rings is 1. The van der Waals surface area contributed by atoms with Gasteiger partial charge in [-0.05, 0) is 88.1 Å². The summed E-state index contributed by atoms with van der Waals surface area (Å²) in [7, 11) is 1.89. The number of aryl methyl sites for hydroxylation is 1. The number of hydrogen-bond donors (Lipinski definition) is 2. The van der Waals surface area contributed by atoms with Gasteiger partial charge in [-0.25, -0.2) is 4.98 Å². The van der Waals surface area contributed by atoms with Crippen LogP contribution < -0.4 is 4.90 Å². The van der Waals surface area contributed by atoms with Crippen LogP contribution in [0.15, 0.2) is 12.1 Å². The van der Waals surface area contributed by atoms with Crippen molar-refractivity contribution in [3.8, 4) is 11.5 Å². The Kier molecular flexibility index (Phi) is 4.70. The van der Waals surface area contributed by atoms with Crippen molar-refractivity contribution >= 4 is 22.6 Å². The van der Waals surface area contributed by atoms with E-state index in [9.17, 15) is 4.79 Å². The van der Waals surface area contributed by atoms with Gasteiger partial charge in [0.05, 0.1) is 17.1 Å². The average Bonchev–Trinajstić information content (AvgIpc) is 3.10. The molecule has 1 amide bonds. The maximum Gasteiger partial charge on any atom is 0.243 e. The van der Waals surface area contributed by atoms with Crippen LogP contribution in [0.2, 0.25) is 0 Å². The first-order chi connectivity index (χ1) is 15.8. The zero-order valence-electron chi connectivity index (χ0n) is 20.2. The molecule has 33 heavy (non-hydrogen) atoms. The Balaban J connectivity index is 1.29. The van der Waals surface area contributed by atoms with E-state index >= 15 is 0 Å². The van der Waals surface area contributed by atoms with Crippen LogP contribution in [0.1, 0.15) is 56.4 Å². The fraction of sp³-hybridized carbons (Fsp3) is 0.577. The van der Waals surface area contributed by atoms with E-state index < -0.39 is 0 Å². The number of H-pyrrole nitrogens is 2. The molecule has 1 saturated carbocycles. The van der Waals surface area contributed by atoms with Crippen LogP contribution in [0.4, 0.5) is 5.69 Å². The minimum absolute atomic E-state index is 0.108. The fourth-order valence-electron chi connectivity index (χ4n) is 6.14. The van der Waals surface area contributed by atoms with Crippen LogP contribution in [0.25, 0.3) is 22.6 Å². The minimum Gasteiger partial charge on any atom is -0.337 e. The highest BCUT2D eigenvalue weighted by molar-refractivity contribution is 5.99. The van der Waals surface area contributed by atoms with Gasteiger partial charge in [-0.15, -0.1) is 0 Å². The third-order valence-electron chi connectivity index (χ3n) is 8.53. The topological polar surface area (TPSA) is 80.9 Å². The van der Waals surface area contributed by atoms with Crippen LogP contribution in [-0.4, -0.2) is 57.2 Å². The van der Waals surface area contributed by atoms with Gasteiger partial charge in [0.15, 0.2) is 5.82 Å². The van der Waals surface area contributed by atoms with Gasteiger partial charge < -0.3 is 9.88 Å². The average molecular weight is 447 g/mol. The fourth-order valence-corrected chi connectivity index (χ4v) is 6.14. The van der Waals surface area contributed by atoms with Crippen molar-refractivity contribution < 1.29 is 4.79 Å². The number of anilines is 1. The number of aromatic nitrogens is 4. The molecule has 6 rings (SSSR count). The van der Waals surface area contributed by atoms with Crippen molar-refractivity contribution in [1.82, 2.24) is 25.1 Å². The predicted molar refractivity (Wildman–Crippen MR) is 130 cm³/mol. The number of imidazole rings is 1. The first kappa shape index (κ1) is 20.9. The third kappa shape index (κ3) is 3.39. The lowest BCUT2D eigenvalue weighted by Gasteiger charge is -2.34. The Morgan fingerprint density at radius 1 is 1.27 bits per heavy atom. The van der Waals surface area contributed by atoms with Gasteiger partial charge in [0.25, 0.3) is 0 Å². The zero-order valence-corrected chi connectivity index (χ0v) is 20.2. The van der Waals surface area contributed by atoms with Gasteiger partial charge in [-0.2, -0.15) is 5.10 Å². The zero-order chi connectivity index (χ0) is 22.9. The van der Waals surface area contributed by atoms with Crippen LogP contribution in [0.5, 0.6) is 0 Å². The molecule has 7 nitrogen and oxygen atoms in total. The van der Waals surface area contributed by atoms with E-state index in [0.717, 1.165) is 65.7 Å². The molecule has 2 fully saturated rings. The lowest BCUT2D eigenvalue weighted by atomic mass is 9.88. The largest absolute Gasteiger partial charge is 0.337 e. The Morgan fingerprint density at radius 2 is 2.06 bits per heavy atom. The number of carbonyl (C=O) groups is 1. The van der Waals surface area contributed by atoms with Crippen molar-refractivity contribution in [2.45, 2.75) is 65.3 Å². The molecule has 1 aromatic carbocycles. The number of nitrogens with one attached hydrogen (secondary N) is 2. The summed E-state index contributed by atoms with van der Waals surface area (Å²) in [5.74, 6) is 1.74. The monoisotopic (exact) mass is 446 g/mol. The minimum atomic E-state index is -0.108. The summed E-state index contributed by atoms with van der Waals surface area (Å²) < 4.78 is 0. The number of carbonyl (C=O) groups excluding carboxylic acids is 1. The molecule has 3 aliphatic rings. The van der Waals surface area contributed by atoms with Crippen LogP contribution in [0.3, 0.4) is 0 Å². The second kappa shape index (κ2) is 7.42. The Labute approximate surface area is 194 Å². The van der Waals surface area contributed by atoms with E-state index in [0.29, 0.717) is 5.41 Å². The van der Waals surface area contributed by atoms with Crippen molar-refractivity contribution in [2.75, 3.05) is 25.0 Å². The molecule has 0 bridgehead atoms. The maximum absolute atomic E-state index is 13.3. The second-order valence-corrected chi connectivity index (χ2v) is 10.9. The van der Waals surface area contributed by atoms with Crippen molar-refractivity contribution in [3.63, 3.8) is 0 Å². The summed E-state index contributed by atoms with van der Waals surface area (Å²) >= 11 is 0. The number of aromatic amines is 2. The molecule has 3 atom stereocenters. The summed E-state index contributed by atoms with van der Waals surface area (Å²) in [6.07, 6.45) is 7.12. The van der Waals surface area contributed by atoms with Gasteiger partial charge in [0.1, 0.15) is 5.69 Å². The Bertz CT molecular complexity index is 1240. The molecule has 2 aliphatic carbocycles. The number of amides is 1. The lowest BCUT2D eigenvalue weighted by molar-refractivity contribution is -0.123. The van der Waals surface area contributed by atoms with E-state index in [1.54, 1.807) is 0 Å². The molecule has 7 heteroatoms. The highest BCUT2D eigenvalue weighted by Gasteiger charge is 2.53. The first-order valence-corrected chi connectivity index (χ1v) is 12.4. The van der Waals surface area contributed by atoms with Gasteiger partial charge in [-0.3, -0.25) is 14.8 Å². The van der Waals surface area contributed by atoms with E-state index in [1.165, 1.54) is 36.9 Å². The Morgan fingerprint density at radius 3 is 2.85 bits per heavy atom. The Hall–Kier alpha value is -2.67. The SMILES string of the molecule is Cc1cc2[nH]c(-c3n[nH]c4c3C[C@@H]3C[C@]3(C)C4)nc2cc1N(C)C(=O)C(C)N1CCCCC1. The van der Waals surface area contributed by atoms with E-state index in [-0.39, 0.29) is 11.9 Å². The first-order valence-electron chi connectivity index (χ1n) is 12.4. The van der Waals surface area contributed by atoms with Crippen LogP contribution >= 0.6 is 0 Å². The highest BCUT2D eigenvalue weighted by atomic mass is 16.2. The summed E-state index contributed by atoms with van der Waals surface area (Å²) in [5.41, 5.74) is 7.88. The van der Waals surface area contributed by atoms with Crippen LogP contribution in [-0.2, 0) is 17.6 Å². The molecule has 3 heterocycles. The van der Waals surface area contributed by atoms with E-state index in [2.05, 4.69) is 40.0 Å². The van der Waals surface area contributed by atoms with Gasteiger partial charge in [0, 0.05) is 24.0 Å². The van der Waals surface area contributed by atoms with E-state index in [4.69, 9.17) is 4.98 Å². The second-order valence-electron chi connectivity index (χ2n) is 10.9. The highest BCUT2D eigenvalue weighted by Crippen LogP contribution is 2.59. The molecule has 1 aliphatic heterocycles. The van der Waals surface area contributed by atoms with Crippen LogP contribution in [0, 0.1) is 18.3 Å².